The molecule has 3 rings (SSSR count). The zero-order valence-electron chi connectivity index (χ0n) is 13.9. The number of hydrogen-bond donors (Lipinski definition) is 1. The summed E-state index contributed by atoms with van der Waals surface area (Å²) in [5, 5.41) is 3.01. The highest BCUT2D eigenvalue weighted by atomic mass is 79.9. The van der Waals surface area contributed by atoms with Gasteiger partial charge in [-0.25, -0.2) is 0 Å². The van der Waals surface area contributed by atoms with Gasteiger partial charge < -0.3 is 10.1 Å². The first-order valence-electron chi connectivity index (χ1n) is 8.15. The minimum absolute atomic E-state index is 0.0216. The first-order valence-corrected chi connectivity index (χ1v) is 8.94. The summed E-state index contributed by atoms with van der Waals surface area (Å²) in [5.41, 5.74) is 1.67. The molecule has 0 bridgehead atoms. The number of nitrogens with one attached hydrogen (secondary N) is 1. The van der Waals surface area contributed by atoms with Gasteiger partial charge in [-0.1, -0.05) is 47.1 Å². The Bertz CT molecular complexity index is 776. The number of fused-ring (bicyclic) bond motifs is 1. The number of anilines is 1. The standard InChI is InChI=1S/C19H19BrN2O3/c1-2-15(13-7-9-14(20)10-8-13)21-18(23)11-22-16-5-3-4-6-17(16)25-12-19(22)24/h3-10,15H,2,11-12H2,1H3,(H,21,23). The molecule has 1 aliphatic rings. The van der Waals surface area contributed by atoms with Crippen LogP contribution < -0.4 is 15.0 Å². The van der Waals surface area contributed by atoms with Gasteiger partial charge >= 0.3 is 0 Å². The van der Waals surface area contributed by atoms with E-state index in [-0.39, 0.29) is 31.0 Å². The Morgan fingerprint density at radius 1 is 1.24 bits per heavy atom. The molecule has 0 spiro atoms. The smallest absolute Gasteiger partial charge is 0.265 e. The van der Waals surface area contributed by atoms with E-state index in [0.717, 1.165) is 16.5 Å². The minimum atomic E-state index is -0.217. The van der Waals surface area contributed by atoms with Gasteiger partial charge in [-0.2, -0.15) is 0 Å². The third kappa shape index (κ3) is 4.02. The van der Waals surface area contributed by atoms with Crippen molar-refractivity contribution in [2.75, 3.05) is 18.1 Å². The monoisotopic (exact) mass is 402 g/mol. The summed E-state index contributed by atoms with van der Waals surface area (Å²) in [6.45, 7) is 1.95. The van der Waals surface area contributed by atoms with Crippen LogP contribution in [0.1, 0.15) is 24.9 Å². The second-order valence-corrected chi connectivity index (χ2v) is 6.73. The molecule has 2 aromatic carbocycles. The number of hydrogen-bond acceptors (Lipinski definition) is 3. The van der Waals surface area contributed by atoms with Gasteiger partial charge in [0.1, 0.15) is 12.3 Å². The van der Waals surface area contributed by atoms with E-state index in [1.165, 1.54) is 4.90 Å². The quantitative estimate of drug-likeness (QED) is 0.832. The lowest BCUT2D eigenvalue weighted by Crippen LogP contribution is -2.45. The van der Waals surface area contributed by atoms with Crippen molar-refractivity contribution in [1.82, 2.24) is 5.32 Å². The fraction of sp³-hybridized carbons (Fsp3) is 0.263. The fourth-order valence-electron chi connectivity index (χ4n) is 2.83. The zero-order chi connectivity index (χ0) is 17.8. The van der Waals surface area contributed by atoms with Gasteiger partial charge in [0.2, 0.25) is 5.91 Å². The van der Waals surface area contributed by atoms with Crippen molar-refractivity contribution < 1.29 is 14.3 Å². The van der Waals surface area contributed by atoms with Crippen molar-refractivity contribution in [3.05, 3.63) is 58.6 Å². The summed E-state index contributed by atoms with van der Waals surface area (Å²) < 4.78 is 6.40. The normalized spacial score (nSPS) is 14.5. The first kappa shape index (κ1) is 17.5. The van der Waals surface area contributed by atoms with Crippen LogP contribution in [0, 0.1) is 0 Å². The molecule has 0 radical (unpaired) electrons. The number of para-hydroxylation sites is 2. The van der Waals surface area contributed by atoms with Crippen LogP contribution in [0.5, 0.6) is 5.75 Å². The molecule has 0 aromatic heterocycles. The number of nitrogens with zero attached hydrogens (tertiary/aromatic N) is 1. The van der Waals surface area contributed by atoms with E-state index in [0.29, 0.717) is 11.4 Å². The molecule has 1 N–H and O–H groups in total. The van der Waals surface area contributed by atoms with E-state index in [2.05, 4.69) is 21.2 Å². The molecular weight excluding hydrogens is 384 g/mol. The van der Waals surface area contributed by atoms with Crippen molar-refractivity contribution >= 4 is 33.4 Å². The third-order valence-electron chi connectivity index (χ3n) is 4.13. The molecule has 0 fully saturated rings. The van der Waals surface area contributed by atoms with Crippen molar-refractivity contribution in [1.29, 1.82) is 0 Å². The Hall–Kier alpha value is -2.34. The van der Waals surface area contributed by atoms with Gasteiger partial charge in [-0.15, -0.1) is 0 Å². The summed E-state index contributed by atoms with van der Waals surface area (Å²) in [6.07, 6.45) is 0.765. The van der Waals surface area contributed by atoms with Crippen LogP contribution in [0.2, 0.25) is 0 Å². The maximum absolute atomic E-state index is 12.5. The number of carbonyl (C=O) groups excluding carboxylic acids is 2. The van der Waals surface area contributed by atoms with Crippen molar-refractivity contribution in [2.24, 2.45) is 0 Å². The van der Waals surface area contributed by atoms with E-state index >= 15 is 0 Å². The zero-order valence-corrected chi connectivity index (χ0v) is 15.5. The lowest BCUT2D eigenvalue weighted by molar-refractivity contribution is -0.125. The van der Waals surface area contributed by atoms with Gasteiger partial charge in [-0.3, -0.25) is 14.5 Å². The molecule has 0 saturated carbocycles. The second-order valence-electron chi connectivity index (χ2n) is 5.82. The molecule has 130 valence electrons. The maximum atomic E-state index is 12.5. The molecule has 6 heteroatoms. The number of benzene rings is 2. The Balaban J connectivity index is 1.71. The lowest BCUT2D eigenvalue weighted by atomic mass is 10.0. The van der Waals surface area contributed by atoms with Gasteiger partial charge in [0.15, 0.2) is 6.61 Å². The lowest BCUT2D eigenvalue weighted by Gasteiger charge is -2.29. The van der Waals surface area contributed by atoms with Crippen LogP contribution in [0.4, 0.5) is 5.69 Å². The predicted octanol–water partition coefficient (Wildman–Crippen LogP) is 3.44. The Morgan fingerprint density at radius 2 is 1.96 bits per heavy atom. The van der Waals surface area contributed by atoms with Gasteiger partial charge in [0.05, 0.1) is 11.7 Å². The molecule has 1 aliphatic heterocycles. The highest BCUT2D eigenvalue weighted by Gasteiger charge is 2.27. The van der Waals surface area contributed by atoms with E-state index in [9.17, 15) is 9.59 Å². The molecule has 1 atom stereocenters. The summed E-state index contributed by atoms with van der Waals surface area (Å²) in [4.78, 5) is 26.2. The number of amides is 2. The summed E-state index contributed by atoms with van der Waals surface area (Å²) in [5.74, 6) is 0.209. The highest BCUT2D eigenvalue weighted by molar-refractivity contribution is 9.10. The summed E-state index contributed by atoms with van der Waals surface area (Å²) >= 11 is 3.41. The predicted molar refractivity (Wildman–Crippen MR) is 99.6 cm³/mol. The van der Waals surface area contributed by atoms with Crippen LogP contribution >= 0.6 is 15.9 Å². The number of rotatable bonds is 5. The molecular formula is C19H19BrN2O3. The van der Waals surface area contributed by atoms with E-state index in [4.69, 9.17) is 4.74 Å². The Kier molecular flexibility index (Phi) is 5.38. The molecule has 25 heavy (non-hydrogen) atoms. The second kappa shape index (κ2) is 7.70. The molecule has 0 saturated heterocycles. The number of carbonyl (C=O) groups is 2. The van der Waals surface area contributed by atoms with E-state index in [1.54, 1.807) is 12.1 Å². The highest BCUT2D eigenvalue weighted by Crippen LogP contribution is 2.31. The Labute approximate surface area is 155 Å². The molecule has 1 unspecified atom stereocenters. The fourth-order valence-corrected chi connectivity index (χ4v) is 3.09. The molecule has 1 heterocycles. The van der Waals surface area contributed by atoms with Gasteiger partial charge in [-0.05, 0) is 36.2 Å². The van der Waals surface area contributed by atoms with Crippen LogP contribution in [-0.4, -0.2) is 25.0 Å². The molecule has 0 aliphatic carbocycles. The number of ether oxygens (including phenoxy) is 1. The largest absolute Gasteiger partial charge is 0.482 e. The SMILES string of the molecule is CCC(NC(=O)CN1C(=O)COc2ccccc21)c1ccc(Br)cc1. The summed E-state index contributed by atoms with van der Waals surface area (Å²) in [7, 11) is 0. The molecule has 5 nitrogen and oxygen atoms in total. The van der Waals surface area contributed by atoms with Crippen LogP contribution in [0.25, 0.3) is 0 Å². The van der Waals surface area contributed by atoms with Gasteiger partial charge in [0, 0.05) is 4.47 Å². The first-order chi connectivity index (χ1) is 12.1. The number of halogens is 1. The average molecular weight is 403 g/mol. The topological polar surface area (TPSA) is 58.6 Å². The molecule has 2 amide bonds. The van der Waals surface area contributed by atoms with Crippen LogP contribution in [0.3, 0.4) is 0 Å². The summed E-state index contributed by atoms with van der Waals surface area (Å²) in [6, 6.07) is 15.0. The van der Waals surface area contributed by atoms with Crippen LogP contribution in [-0.2, 0) is 9.59 Å². The van der Waals surface area contributed by atoms with E-state index in [1.807, 2.05) is 43.3 Å². The third-order valence-corrected chi connectivity index (χ3v) is 4.65. The average Bonchev–Trinajstić information content (AvgIpc) is 2.63. The van der Waals surface area contributed by atoms with Gasteiger partial charge in [0.25, 0.3) is 5.91 Å². The van der Waals surface area contributed by atoms with Crippen molar-refractivity contribution in [3.8, 4) is 5.75 Å². The van der Waals surface area contributed by atoms with Crippen LogP contribution in [0.15, 0.2) is 53.0 Å². The van der Waals surface area contributed by atoms with Crippen molar-refractivity contribution in [2.45, 2.75) is 19.4 Å². The molecule has 2 aromatic rings. The van der Waals surface area contributed by atoms with E-state index < -0.39 is 0 Å². The maximum Gasteiger partial charge on any atom is 0.265 e. The van der Waals surface area contributed by atoms with Crippen molar-refractivity contribution in [3.63, 3.8) is 0 Å². The minimum Gasteiger partial charge on any atom is -0.482 e. The Morgan fingerprint density at radius 3 is 2.68 bits per heavy atom.